The van der Waals surface area contributed by atoms with Crippen molar-refractivity contribution in [3.63, 3.8) is 0 Å². The Bertz CT molecular complexity index is 1170. The molecule has 138 valence electrons. The lowest BCUT2D eigenvalue weighted by Gasteiger charge is -2.09. The monoisotopic (exact) mass is 381 g/mol. The number of thiazole rings is 1. The molecule has 4 rings (SSSR count). The Morgan fingerprint density at radius 1 is 1.04 bits per heavy atom. The van der Waals surface area contributed by atoms with Crippen LogP contribution in [0.3, 0.4) is 0 Å². The van der Waals surface area contributed by atoms with Crippen LogP contribution in [0.1, 0.15) is 16.7 Å². The molecular formula is C20H19N3O3S. The van der Waals surface area contributed by atoms with Gasteiger partial charge in [-0.25, -0.2) is 15.0 Å². The average Bonchev–Trinajstić information content (AvgIpc) is 3.09. The first-order valence-electron chi connectivity index (χ1n) is 8.45. The highest BCUT2D eigenvalue weighted by atomic mass is 32.1. The summed E-state index contributed by atoms with van der Waals surface area (Å²) < 4.78 is 11.6. The van der Waals surface area contributed by atoms with Crippen LogP contribution in [0.25, 0.3) is 31.8 Å². The number of rotatable bonds is 4. The van der Waals surface area contributed by atoms with Gasteiger partial charge in [-0.15, -0.1) is 11.3 Å². The minimum absolute atomic E-state index is 0.0890. The van der Waals surface area contributed by atoms with Crippen LogP contribution in [0.4, 0.5) is 0 Å². The van der Waals surface area contributed by atoms with Gasteiger partial charge in [0.25, 0.3) is 0 Å². The molecule has 0 amide bonds. The van der Waals surface area contributed by atoms with Gasteiger partial charge in [0.05, 0.1) is 48.3 Å². The van der Waals surface area contributed by atoms with Gasteiger partial charge in [-0.1, -0.05) is 0 Å². The first-order chi connectivity index (χ1) is 13.0. The van der Waals surface area contributed by atoms with Gasteiger partial charge in [-0.3, -0.25) is 0 Å². The molecule has 0 aliphatic heterocycles. The quantitative estimate of drug-likeness (QED) is 0.575. The first kappa shape index (κ1) is 17.6. The predicted octanol–water partition coefficient (Wildman–Crippen LogP) is 4.03. The van der Waals surface area contributed by atoms with Gasteiger partial charge in [-0.05, 0) is 43.2 Å². The standard InChI is InChI=1S/C20H19N3O3S/c1-10-5-12(18-14(6-10)22-17(26-4)8-21-18)20-23-19-13(9-24)11(2)15(25-3)7-16(19)27-20/h5-8,24H,9H2,1-4H3. The Morgan fingerprint density at radius 3 is 2.56 bits per heavy atom. The maximum Gasteiger partial charge on any atom is 0.232 e. The summed E-state index contributed by atoms with van der Waals surface area (Å²) in [5.74, 6) is 1.23. The number of hydrogen-bond acceptors (Lipinski definition) is 7. The highest BCUT2D eigenvalue weighted by molar-refractivity contribution is 7.21. The fourth-order valence-electron chi connectivity index (χ4n) is 3.23. The minimum Gasteiger partial charge on any atom is -0.496 e. The Labute approximate surface area is 160 Å². The van der Waals surface area contributed by atoms with Crippen LogP contribution in [0.2, 0.25) is 0 Å². The molecule has 27 heavy (non-hydrogen) atoms. The molecule has 7 heteroatoms. The van der Waals surface area contributed by atoms with E-state index in [4.69, 9.17) is 14.5 Å². The predicted molar refractivity (Wildman–Crippen MR) is 107 cm³/mol. The third-order valence-corrected chi connectivity index (χ3v) is 5.65. The fourth-order valence-corrected chi connectivity index (χ4v) is 4.27. The van der Waals surface area contributed by atoms with Crippen molar-refractivity contribution < 1.29 is 14.6 Å². The topological polar surface area (TPSA) is 77.4 Å². The van der Waals surface area contributed by atoms with Gasteiger partial charge in [-0.2, -0.15) is 0 Å². The van der Waals surface area contributed by atoms with Crippen molar-refractivity contribution in [2.75, 3.05) is 14.2 Å². The summed E-state index contributed by atoms with van der Waals surface area (Å²) in [6.07, 6.45) is 1.61. The summed E-state index contributed by atoms with van der Waals surface area (Å²) >= 11 is 1.55. The number of nitrogens with zero attached hydrogens (tertiary/aromatic N) is 3. The zero-order valence-electron chi connectivity index (χ0n) is 15.5. The lowest BCUT2D eigenvalue weighted by Crippen LogP contribution is -1.95. The van der Waals surface area contributed by atoms with E-state index in [9.17, 15) is 5.11 Å². The molecule has 0 bridgehead atoms. The van der Waals surface area contributed by atoms with Crippen LogP contribution in [-0.2, 0) is 6.61 Å². The van der Waals surface area contributed by atoms with Gasteiger partial charge in [0.2, 0.25) is 5.88 Å². The molecular weight excluding hydrogens is 362 g/mol. The minimum atomic E-state index is -0.0890. The number of benzene rings is 2. The second kappa shape index (κ2) is 6.75. The van der Waals surface area contributed by atoms with Crippen molar-refractivity contribution in [3.05, 3.63) is 41.1 Å². The highest BCUT2D eigenvalue weighted by Crippen LogP contribution is 2.39. The van der Waals surface area contributed by atoms with E-state index in [-0.39, 0.29) is 6.61 Å². The lowest BCUT2D eigenvalue weighted by molar-refractivity contribution is 0.281. The number of aliphatic hydroxyl groups is 1. The number of aliphatic hydroxyl groups excluding tert-OH is 1. The number of methoxy groups -OCH3 is 2. The van der Waals surface area contributed by atoms with Crippen LogP contribution >= 0.6 is 11.3 Å². The molecule has 0 radical (unpaired) electrons. The molecule has 0 aliphatic carbocycles. The molecule has 6 nitrogen and oxygen atoms in total. The van der Waals surface area contributed by atoms with Gasteiger partial charge < -0.3 is 14.6 Å². The number of fused-ring (bicyclic) bond motifs is 2. The number of aryl methyl sites for hydroxylation is 1. The molecule has 4 aromatic rings. The number of aromatic nitrogens is 3. The molecule has 1 N–H and O–H groups in total. The maximum absolute atomic E-state index is 9.86. The van der Waals surface area contributed by atoms with Gasteiger partial charge in [0.15, 0.2) is 0 Å². The molecule has 0 spiro atoms. The summed E-state index contributed by atoms with van der Waals surface area (Å²) in [4.78, 5) is 13.9. The first-order valence-corrected chi connectivity index (χ1v) is 9.27. The summed E-state index contributed by atoms with van der Waals surface area (Å²) in [6.45, 7) is 3.86. The van der Waals surface area contributed by atoms with E-state index in [2.05, 4.69) is 16.0 Å². The Morgan fingerprint density at radius 2 is 1.85 bits per heavy atom. The average molecular weight is 381 g/mol. The smallest absolute Gasteiger partial charge is 0.232 e. The third-order valence-electron chi connectivity index (χ3n) is 4.61. The lowest BCUT2D eigenvalue weighted by atomic mass is 10.1. The maximum atomic E-state index is 9.86. The van der Waals surface area contributed by atoms with E-state index >= 15 is 0 Å². The Hall–Kier alpha value is -2.77. The van der Waals surface area contributed by atoms with Gasteiger partial charge >= 0.3 is 0 Å². The molecule has 0 saturated carbocycles. The number of hydrogen-bond donors (Lipinski definition) is 1. The second-order valence-electron chi connectivity index (χ2n) is 6.30. The van der Waals surface area contributed by atoms with E-state index in [1.54, 1.807) is 31.8 Å². The van der Waals surface area contributed by atoms with E-state index in [0.717, 1.165) is 54.3 Å². The molecule has 0 atom stereocenters. The zero-order valence-corrected chi connectivity index (χ0v) is 16.3. The number of ether oxygens (including phenoxy) is 2. The van der Waals surface area contributed by atoms with Crippen molar-refractivity contribution in [1.29, 1.82) is 0 Å². The molecule has 0 unspecified atom stereocenters. The second-order valence-corrected chi connectivity index (χ2v) is 7.33. The normalized spacial score (nSPS) is 11.3. The molecule has 2 aromatic heterocycles. The molecule has 2 aromatic carbocycles. The van der Waals surface area contributed by atoms with Crippen LogP contribution < -0.4 is 9.47 Å². The van der Waals surface area contributed by atoms with Gasteiger partial charge in [0, 0.05) is 11.1 Å². The van der Waals surface area contributed by atoms with Crippen molar-refractivity contribution in [2.24, 2.45) is 0 Å². The van der Waals surface area contributed by atoms with E-state index < -0.39 is 0 Å². The SMILES string of the molecule is COc1cnc2c(-c3nc4c(CO)c(C)c(OC)cc4s3)cc(C)cc2n1. The summed E-state index contributed by atoms with van der Waals surface area (Å²) in [5, 5.41) is 10.7. The molecule has 0 aliphatic rings. The third kappa shape index (κ3) is 2.89. The summed E-state index contributed by atoms with van der Waals surface area (Å²) in [6, 6.07) is 6.01. The highest BCUT2D eigenvalue weighted by Gasteiger charge is 2.18. The van der Waals surface area contributed by atoms with E-state index in [1.165, 1.54) is 0 Å². The van der Waals surface area contributed by atoms with Crippen molar-refractivity contribution >= 4 is 32.6 Å². The molecule has 0 fully saturated rings. The summed E-state index contributed by atoms with van der Waals surface area (Å²) in [7, 11) is 3.21. The van der Waals surface area contributed by atoms with Crippen LogP contribution in [0.5, 0.6) is 11.6 Å². The van der Waals surface area contributed by atoms with Crippen LogP contribution in [0, 0.1) is 13.8 Å². The molecule has 2 heterocycles. The fraction of sp³-hybridized carbons (Fsp3) is 0.250. The van der Waals surface area contributed by atoms with E-state index in [1.807, 2.05) is 26.0 Å². The van der Waals surface area contributed by atoms with Crippen LogP contribution in [0.15, 0.2) is 24.4 Å². The van der Waals surface area contributed by atoms with Gasteiger partial charge in [0.1, 0.15) is 10.8 Å². The summed E-state index contributed by atoms with van der Waals surface area (Å²) in [5.41, 5.74) is 6.01. The molecule has 0 saturated heterocycles. The largest absolute Gasteiger partial charge is 0.496 e. The van der Waals surface area contributed by atoms with Crippen molar-refractivity contribution in [1.82, 2.24) is 15.0 Å². The Kier molecular flexibility index (Phi) is 4.41. The zero-order chi connectivity index (χ0) is 19.1. The van der Waals surface area contributed by atoms with Crippen molar-refractivity contribution in [2.45, 2.75) is 20.5 Å². The van der Waals surface area contributed by atoms with Crippen molar-refractivity contribution in [3.8, 4) is 22.2 Å². The van der Waals surface area contributed by atoms with Crippen LogP contribution in [-0.4, -0.2) is 34.3 Å². The Balaban J connectivity index is 2.00. The van der Waals surface area contributed by atoms with E-state index in [0.29, 0.717) is 5.88 Å².